The number of methoxy groups -OCH3 is 1. The number of ether oxygens (including phenoxy) is 6. The number of esters is 1. The molecular weight excluding hydrogens is 550 g/mol. The minimum atomic E-state index is -1.78. The number of hydrogen-bond donors (Lipinski definition) is 7. The molecule has 2 aliphatic heterocycles. The van der Waals surface area contributed by atoms with Crippen molar-refractivity contribution in [2.45, 2.75) is 106 Å². The molecule has 0 aromatic carbocycles. The Morgan fingerprint density at radius 3 is 2.10 bits per heavy atom. The average molecular weight is 596 g/mol. The molecule has 2 fully saturated rings. The molecule has 0 aromatic heterocycles. The van der Waals surface area contributed by atoms with E-state index in [2.05, 4.69) is 16.6 Å². The molecule has 0 aliphatic carbocycles. The van der Waals surface area contributed by atoms with Gasteiger partial charge >= 0.3 is 12.1 Å². The Balaban J connectivity index is 2.06. The van der Waals surface area contributed by atoms with Gasteiger partial charge in [0.1, 0.15) is 55.4 Å². The maximum Gasteiger partial charge on any atom is 0.407 e. The molecule has 7 N–H and O–H groups in total. The van der Waals surface area contributed by atoms with Gasteiger partial charge in [0, 0.05) is 13.0 Å². The van der Waals surface area contributed by atoms with Crippen LogP contribution in [0.3, 0.4) is 0 Å². The second kappa shape index (κ2) is 18.6. The molecule has 238 valence electrons. The van der Waals surface area contributed by atoms with Crippen LogP contribution >= 0.6 is 0 Å². The number of unbranched alkanes of at least 4 members (excludes halogenated alkanes) is 5. The Kier molecular flexibility index (Phi) is 16.0. The largest absolute Gasteiger partial charge is 0.469 e. The lowest BCUT2D eigenvalue weighted by atomic mass is 9.95. The van der Waals surface area contributed by atoms with E-state index >= 15 is 0 Å². The first-order valence-electron chi connectivity index (χ1n) is 13.8. The van der Waals surface area contributed by atoms with Crippen molar-refractivity contribution in [2.75, 3.05) is 33.5 Å². The highest BCUT2D eigenvalue weighted by atomic mass is 16.7. The van der Waals surface area contributed by atoms with E-state index in [1.807, 2.05) is 0 Å². The van der Waals surface area contributed by atoms with Crippen LogP contribution in [-0.4, -0.2) is 138 Å². The fourth-order valence-electron chi connectivity index (χ4n) is 4.55. The molecule has 0 saturated carbocycles. The van der Waals surface area contributed by atoms with Gasteiger partial charge in [-0.05, 0) is 12.8 Å². The van der Waals surface area contributed by atoms with Crippen molar-refractivity contribution in [3.05, 3.63) is 12.7 Å². The molecule has 15 heteroatoms. The third-order valence-corrected chi connectivity index (χ3v) is 6.90. The Morgan fingerprint density at radius 2 is 1.46 bits per heavy atom. The number of amides is 1. The predicted octanol–water partition coefficient (Wildman–Crippen LogP) is -1.55. The normalized spacial score (nSPS) is 33.6. The first-order valence-corrected chi connectivity index (χ1v) is 13.8. The van der Waals surface area contributed by atoms with Crippen LogP contribution in [0.2, 0.25) is 0 Å². The van der Waals surface area contributed by atoms with Crippen molar-refractivity contribution in [3.63, 3.8) is 0 Å². The average Bonchev–Trinajstić information content (AvgIpc) is 2.97. The van der Waals surface area contributed by atoms with Crippen LogP contribution in [0, 0.1) is 0 Å². The van der Waals surface area contributed by atoms with E-state index < -0.39 is 80.7 Å². The third-order valence-electron chi connectivity index (χ3n) is 6.90. The highest BCUT2D eigenvalue weighted by Gasteiger charge is 2.51. The molecule has 0 bridgehead atoms. The van der Waals surface area contributed by atoms with E-state index in [9.17, 15) is 40.2 Å². The van der Waals surface area contributed by atoms with Gasteiger partial charge < -0.3 is 64.4 Å². The number of carbonyl (C=O) groups is 2. The van der Waals surface area contributed by atoms with Gasteiger partial charge in [-0.2, -0.15) is 0 Å². The molecule has 0 radical (unpaired) electrons. The maximum atomic E-state index is 12.4. The Morgan fingerprint density at radius 1 is 0.854 bits per heavy atom. The molecule has 2 saturated heterocycles. The SMILES string of the molecule is C=CCOC(=O)NC1C(OC2OC(CO)[C@H](O)C(O)C2O)[C@H](O)C(CO)O[C@H]1OCCCCCCCCC(=O)OC. The van der Waals surface area contributed by atoms with Crippen molar-refractivity contribution >= 4 is 12.1 Å². The molecule has 2 rings (SSSR count). The van der Waals surface area contributed by atoms with Gasteiger partial charge in [-0.3, -0.25) is 4.79 Å². The molecule has 15 nitrogen and oxygen atoms in total. The van der Waals surface area contributed by atoms with Crippen LogP contribution in [-0.2, 0) is 33.2 Å². The van der Waals surface area contributed by atoms with E-state index in [0.29, 0.717) is 12.8 Å². The molecule has 1 amide bonds. The molecule has 2 heterocycles. The minimum Gasteiger partial charge on any atom is -0.469 e. The highest BCUT2D eigenvalue weighted by Crippen LogP contribution is 2.30. The summed E-state index contributed by atoms with van der Waals surface area (Å²) in [5.41, 5.74) is 0. The maximum absolute atomic E-state index is 12.4. The lowest BCUT2D eigenvalue weighted by Gasteiger charge is -2.47. The summed E-state index contributed by atoms with van der Waals surface area (Å²) in [5, 5.41) is 63.4. The molecular formula is C26H45NO14. The Bertz CT molecular complexity index is 785. The summed E-state index contributed by atoms with van der Waals surface area (Å²) in [5.74, 6) is -0.234. The highest BCUT2D eigenvalue weighted by molar-refractivity contribution is 5.69. The monoisotopic (exact) mass is 595 g/mol. The lowest BCUT2D eigenvalue weighted by molar-refractivity contribution is -0.344. The number of aliphatic hydroxyl groups excluding tert-OH is 6. The second-order valence-electron chi connectivity index (χ2n) is 9.89. The number of nitrogens with one attached hydrogen (secondary N) is 1. The van der Waals surface area contributed by atoms with Gasteiger partial charge in [0.25, 0.3) is 0 Å². The molecule has 10 atom stereocenters. The summed E-state index contributed by atoms with van der Waals surface area (Å²) in [7, 11) is 1.36. The second-order valence-corrected chi connectivity index (χ2v) is 9.89. The topological polar surface area (TPSA) is 223 Å². The van der Waals surface area contributed by atoms with Gasteiger partial charge in [0.15, 0.2) is 12.6 Å². The fraction of sp³-hybridized carbons (Fsp3) is 0.846. The quantitative estimate of drug-likeness (QED) is 0.0575. The van der Waals surface area contributed by atoms with Crippen LogP contribution in [0.5, 0.6) is 0 Å². The lowest BCUT2D eigenvalue weighted by Crippen LogP contribution is -2.68. The van der Waals surface area contributed by atoms with Crippen LogP contribution in [0.1, 0.15) is 44.9 Å². The molecule has 0 aromatic rings. The Hall–Kier alpha value is -1.92. The summed E-state index contributed by atoms with van der Waals surface area (Å²) in [4.78, 5) is 23.6. The van der Waals surface area contributed by atoms with Crippen LogP contribution in [0.25, 0.3) is 0 Å². The van der Waals surface area contributed by atoms with Crippen LogP contribution in [0.4, 0.5) is 4.79 Å². The smallest absolute Gasteiger partial charge is 0.407 e. The Labute approximate surface area is 238 Å². The van der Waals surface area contributed by atoms with Crippen molar-refractivity contribution in [3.8, 4) is 0 Å². The summed E-state index contributed by atoms with van der Waals surface area (Å²) in [6, 6.07) is -1.24. The molecule has 41 heavy (non-hydrogen) atoms. The summed E-state index contributed by atoms with van der Waals surface area (Å²) >= 11 is 0. The van der Waals surface area contributed by atoms with E-state index in [0.717, 1.165) is 32.1 Å². The molecule has 0 spiro atoms. The van der Waals surface area contributed by atoms with Crippen LogP contribution < -0.4 is 5.32 Å². The summed E-state index contributed by atoms with van der Waals surface area (Å²) < 4.78 is 32.4. The standard InChI is InChI=1S/C26H45NO14/c1-3-11-38-26(35)27-18-23(41-25-22(34)21(33)19(31)15(13-28)40-25)20(32)16(14-29)39-24(18)37-12-9-7-5-4-6-8-10-17(30)36-2/h3,15-16,18-25,28-29,31-34H,1,4-14H2,2H3,(H,27,35)/t15?,16?,18?,19-,20+,21?,22?,23?,24+,25?/m0/s1. The zero-order valence-corrected chi connectivity index (χ0v) is 23.3. The number of alkyl carbamates (subject to hydrolysis) is 1. The van der Waals surface area contributed by atoms with Crippen molar-refractivity contribution in [2.24, 2.45) is 0 Å². The van der Waals surface area contributed by atoms with Crippen molar-refractivity contribution in [1.29, 1.82) is 0 Å². The number of rotatable bonds is 17. The van der Waals surface area contributed by atoms with E-state index in [-0.39, 0.29) is 19.2 Å². The first-order chi connectivity index (χ1) is 19.7. The third kappa shape index (κ3) is 10.7. The summed E-state index contributed by atoms with van der Waals surface area (Å²) in [6.07, 6.45) is -7.84. The van der Waals surface area contributed by atoms with Gasteiger partial charge in [-0.1, -0.05) is 38.3 Å². The zero-order valence-electron chi connectivity index (χ0n) is 23.3. The van der Waals surface area contributed by atoms with Gasteiger partial charge in [-0.15, -0.1) is 0 Å². The van der Waals surface area contributed by atoms with Gasteiger partial charge in [0.05, 0.1) is 20.3 Å². The van der Waals surface area contributed by atoms with E-state index in [1.54, 1.807) is 0 Å². The predicted molar refractivity (Wildman–Crippen MR) is 139 cm³/mol. The zero-order chi connectivity index (χ0) is 30.4. The van der Waals surface area contributed by atoms with Crippen LogP contribution in [0.15, 0.2) is 12.7 Å². The number of hydrogen-bond acceptors (Lipinski definition) is 14. The minimum absolute atomic E-state index is 0.120. The fourth-order valence-corrected chi connectivity index (χ4v) is 4.55. The first kappa shape index (κ1) is 35.3. The molecule has 2 aliphatic rings. The van der Waals surface area contributed by atoms with E-state index in [4.69, 9.17) is 23.7 Å². The van der Waals surface area contributed by atoms with Crippen molar-refractivity contribution in [1.82, 2.24) is 5.32 Å². The molecule has 7 unspecified atom stereocenters. The van der Waals surface area contributed by atoms with E-state index in [1.165, 1.54) is 13.2 Å². The van der Waals surface area contributed by atoms with Gasteiger partial charge in [-0.25, -0.2) is 4.79 Å². The number of carbonyl (C=O) groups excluding carboxylic acids is 2. The van der Waals surface area contributed by atoms with Crippen molar-refractivity contribution < 1.29 is 68.6 Å². The number of aliphatic hydroxyl groups is 6. The van der Waals surface area contributed by atoms with Gasteiger partial charge in [0.2, 0.25) is 0 Å². The summed E-state index contributed by atoms with van der Waals surface area (Å²) in [6.45, 7) is 2.20.